The maximum atomic E-state index is 10.5. The van der Waals surface area contributed by atoms with Gasteiger partial charge in [-0.1, -0.05) is 59.7 Å². The molecule has 1 N–H and O–H groups in total. The van der Waals surface area contributed by atoms with Crippen LogP contribution < -0.4 is 4.90 Å². The summed E-state index contributed by atoms with van der Waals surface area (Å²) in [7, 11) is 1.99. The maximum Gasteiger partial charge on any atom is 0.329 e. The number of carboxylic acids is 1. The number of ether oxygens (including phenoxy) is 1. The van der Waals surface area contributed by atoms with Crippen molar-refractivity contribution in [2.75, 3.05) is 31.7 Å². The lowest BCUT2D eigenvalue weighted by atomic mass is 10.0. The van der Waals surface area contributed by atoms with Gasteiger partial charge in [-0.3, -0.25) is 4.98 Å². The summed E-state index contributed by atoms with van der Waals surface area (Å²) in [5.74, 6) is -0.136. The second-order valence-electron chi connectivity index (χ2n) is 7.73. The van der Waals surface area contributed by atoms with Gasteiger partial charge in [0.1, 0.15) is 12.4 Å². The van der Waals surface area contributed by atoms with E-state index in [1.807, 2.05) is 13.2 Å². The molecule has 0 amide bonds. The zero-order valence-electron chi connectivity index (χ0n) is 18.3. The minimum Gasteiger partial charge on any atom is -0.480 e. The van der Waals surface area contributed by atoms with Crippen molar-refractivity contribution in [1.29, 1.82) is 0 Å². The quantitative estimate of drug-likeness (QED) is 0.478. The number of aliphatic carboxylic acids is 1. The maximum absolute atomic E-state index is 10.5. The molecule has 1 aromatic heterocycles. The molecule has 0 bridgehead atoms. The van der Waals surface area contributed by atoms with Gasteiger partial charge in [0.2, 0.25) is 0 Å². The zero-order valence-corrected chi connectivity index (χ0v) is 18.3. The van der Waals surface area contributed by atoms with Crippen molar-refractivity contribution in [1.82, 2.24) is 9.97 Å². The van der Waals surface area contributed by atoms with Crippen LogP contribution in [0.2, 0.25) is 0 Å². The third-order valence-electron chi connectivity index (χ3n) is 5.06. The second-order valence-corrected chi connectivity index (χ2v) is 7.73. The Balaban J connectivity index is 1.79. The van der Waals surface area contributed by atoms with E-state index < -0.39 is 5.97 Å². The first-order valence-electron chi connectivity index (χ1n) is 10.5. The Morgan fingerprint density at radius 1 is 0.935 bits per heavy atom. The average Bonchev–Trinajstić information content (AvgIpc) is 2.76. The third-order valence-corrected chi connectivity index (χ3v) is 5.06. The SMILES string of the molecule is Cc1ccc(-c2ncc(N(C)CCCCOCC(=O)O)nc2-c2ccc(C)cc2)cc1. The predicted octanol–water partition coefficient (Wildman–Crippen LogP) is 4.75. The summed E-state index contributed by atoms with van der Waals surface area (Å²) >= 11 is 0. The van der Waals surface area contributed by atoms with E-state index in [-0.39, 0.29) is 6.61 Å². The normalized spacial score (nSPS) is 10.8. The molecule has 0 aliphatic carbocycles. The first-order chi connectivity index (χ1) is 14.9. The molecule has 0 fully saturated rings. The minimum atomic E-state index is -0.940. The molecule has 3 aromatic rings. The molecule has 0 unspecified atom stereocenters. The van der Waals surface area contributed by atoms with Gasteiger partial charge >= 0.3 is 5.97 Å². The first kappa shape index (κ1) is 22.4. The van der Waals surface area contributed by atoms with Crippen molar-refractivity contribution in [3.63, 3.8) is 0 Å². The van der Waals surface area contributed by atoms with Crippen LogP contribution in [0.1, 0.15) is 24.0 Å². The Labute approximate surface area is 183 Å². The predicted molar refractivity (Wildman–Crippen MR) is 123 cm³/mol. The number of carboxylic acid groups (broad SMARTS) is 1. The second kappa shape index (κ2) is 10.7. The number of carbonyl (C=O) groups is 1. The zero-order chi connectivity index (χ0) is 22.2. The fourth-order valence-electron chi connectivity index (χ4n) is 3.23. The van der Waals surface area contributed by atoms with Crippen molar-refractivity contribution in [2.45, 2.75) is 26.7 Å². The molecule has 6 heteroatoms. The Kier molecular flexibility index (Phi) is 7.73. The number of benzene rings is 2. The summed E-state index contributed by atoms with van der Waals surface area (Å²) in [6.07, 6.45) is 3.47. The van der Waals surface area contributed by atoms with Crippen molar-refractivity contribution in [3.8, 4) is 22.5 Å². The Morgan fingerprint density at radius 2 is 1.52 bits per heavy atom. The molecule has 3 rings (SSSR count). The van der Waals surface area contributed by atoms with E-state index in [1.54, 1.807) is 0 Å². The summed E-state index contributed by atoms with van der Waals surface area (Å²) in [4.78, 5) is 22.3. The molecule has 0 aliphatic rings. The number of aryl methyl sites for hydroxylation is 2. The molecule has 1 heterocycles. The summed E-state index contributed by atoms with van der Waals surface area (Å²) in [6.45, 7) is 5.11. The summed E-state index contributed by atoms with van der Waals surface area (Å²) in [6, 6.07) is 16.7. The van der Waals surface area contributed by atoms with E-state index in [0.29, 0.717) is 6.61 Å². The smallest absolute Gasteiger partial charge is 0.329 e. The van der Waals surface area contributed by atoms with E-state index in [2.05, 4.69) is 67.3 Å². The van der Waals surface area contributed by atoms with Crippen molar-refractivity contribution in [3.05, 3.63) is 65.9 Å². The number of hydrogen-bond acceptors (Lipinski definition) is 5. The fraction of sp³-hybridized carbons (Fsp3) is 0.320. The molecule has 0 atom stereocenters. The van der Waals surface area contributed by atoms with Crippen LogP contribution in [0.15, 0.2) is 54.7 Å². The minimum absolute atomic E-state index is 0.248. The van der Waals surface area contributed by atoms with E-state index in [0.717, 1.165) is 47.7 Å². The van der Waals surface area contributed by atoms with Gasteiger partial charge in [0.25, 0.3) is 0 Å². The average molecular weight is 420 g/mol. The highest BCUT2D eigenvalue weighted by molar-refractivity contribution is 5.79. The lowest BCUT2D eigenvalue weighted by molar-refractivity contribution is -0.142. The molecule has 2 aromatic carbocycles. The first-order valence-corrected chi connectivity index (χ1v) is 10.5. The largest absolute Gasteiger partial charge is 0.480 e. The number of hydrogen-bond donors (Lipinski definition) is 1. The van der Waals surface area contributed by atoms with Crippen LogP contribution in [-0.4, -0.2) is 47.8 Å². The van der Waals surface area contributed by atoms with Crippen molar-refractivity contribution >= 4 is 11.8 Å². The van der Waals surface area contributed by atoms with Crippen LogP contribution in [0.3, 0.4) is 0 Å². The van der Waals surface area contributed by atoms with Crippen LogP contribution in [0, 0.1) is 13.8 Å². The van der Waals surface area contributed by atoms with Crippen molar-refractivity contribution in [2.24, 2.45) is 0 Å². The Bertz CT molecular complexity index is 1000. The lowest BCUT2D eigenvalue weighted by Crippen LogP contribution is -2.21. The monoisotopic (exact) mass is 419 g/mol. The van der Waals surface area contributed by atoms with Crippen LogP contribution >= 0.6 is 0 Å². The fourth-order valence-corrected chi connectivity index (χ4v) is 3.23. The summed E-state index contributed by atoms with van der Waals surface area (Å²) in [5.41, 5.74) is 6.20. The summed E-state index contributed by atoms with van der Waals surface area (Å²) < 4.78 is 5.10. The van der Waals surface area contributed by atoms with Crippen LogP contribution in [0.25, 0.3) is 22.5 Å². The van der Waals surface area contributed by atoms with Gasteiger partial charge < -0.3 is 14.7 Å². The number of nitrogens with zero attached hydrogens (tertiary/aromatic N) is 3. The molecular formula is C25H29N3O3. The van der Waals surface area contributed by atoms with Crippen LogP contribution in [0.4, 0.5) is 5.82 Å². The van der Waals surface area contributed by atoms with Gasteiger partial charge in [0.15, 0.2) is 0 Å². The highest BCUT2D eigenvalue weighted by Gasteiger charge is 2.14. The lowest BCUT2D eigenvalue weighted by Gasteiger charge is -2.20. The van der Waals surface area contributed by atoms with Crippen LogP contribution in [0.5, 0.6) is 0 Å². The molecule has 0 radical (unpaired) electrons. The third kappa shape index (κ3) is 6.36. The topological polar surface area (TPSA) is 75.6 Å². The molecular weight excluding hydrogens is 390 g/mol. The molecule has 0 saturated heterocycles. The van der Waals surface area contributed by atoms with Gasteiger partial charge in [-0.25, -0.2) is 9.78 Å². The van der Waals surface area contributed by atoms with Gasteiger partial charge in [-0.2, -0.15) is 0 Å². The molecule has 0 aliphatic heterocycles. The molecule has 162 valence electrons. The molecule has 0 saturated carbocycles. The number of aromatic nitrogens is 2. The van der Waals surface area contributed by atoms with Crippen LogP contribution in [-0.2, 0) is 9.53 Å². The van der Waals surface area contributed by atoms with Gasteiger partial charge in [0, 0.05) is 31.3 Å². The standard InChI is InChI=1S/C25H29N3O3/c1-18-6-10-20(11-7-18)24-25(21-12-8-19(2)9-13-21)27-22(16-26-24)28(3)14-4-5-15-31-17-23(29)30/h6-13,16H,4-5,14-15,17H2,1-3H3,(H,29,30). The van der Waals surface area contributed by atoms with Crippen molar-refractivity contribution < 1.29 is 14.6 Å². The van der Waals surface area contributed by atoms with E-state index in [4.69, 9.17) is 19.8 Å². The van der Waals surface area contributed by atoms with Gasteiger partial charge in [-0.15, -0.1) is 0 Å². The number of anilines is 1. The summed E-state index contributed by atoms with van der Waals surface area (Å²) in [5, 5.41) is 8.61. The van der Waals surface area contributed by atoms with E-state index >= 15 is 0 Å². The molecule has 31 heavy (non-hydrogen) atoms. The van der Waals surface area contributed by atoms with Gasteiger partial charge in [-0.05, 0) is 26.7 Å². The van der Waals surface area contributed by atoms with Gasteiger partial charge in [0.05, 0.1) is 17.6 Å². The molecule has 0 spiro atoms. The number of unbranched alkanes of at least 4 members (excludes halogenated alkanes) is 1. The highest BCUT2D eigenvalue weighted by atomic mass is 16.5. The van der Waals surface area contributed by atoms with E-state index in [9.17, 15) is 4.79 Å². The number of rotatable bonds is 10. The van der Waals surface area contributed by atoms with E-state index in [1.165, 1.54) is 11.1 Å². The highest BCUT2D eigenvalue weighted by Crippen LogP contribution is 2.31. The Morgan fingerprint density at radius 3 is 2.10 bits per heavy atom. The molecule has 6 nitrogen and oxygen atoms in total. The Hall–Kier alpha value is -3.25.